The minimum atomic E-state index is -4.52. The normalized spacial score (nSPS) is 15.5. The van der Waals surface area contributed by atoms with Gasteiger partial charge in [-0.3, -0.25) is 4.79 Å². The molecule has 2 aromatic rings. The molecule has 1 aromatic carbocycles. The molecule has 1 aliphatic rings. The van der Waals surface area contributed by atoms with Crippen LogP contribution in [0.1, 0.15) is 24.1 Å². The molecule has 0 spiro atoms. The van der Waals surface area contributed by atoms with E-state index in [0.717, 1.165) is 12.3 Å². The van der Waals surface area contributed by atoms with E-state index in [1.807, 2.05) is 0 Å². The summed E-state index contributed by atoms with van der Waals surface area (Å²) in [5.74, 6) is -0.636. The van der Waals surface area contributed by atoms with Gasteiger partial charge in [-0.1, -0.05) is 18.2 Å². The van der Waals surface area contributed by atoms with Crippen LogP contribution < -0.4 is 10.2 Å². The lowest BCUT2D eigenvalue weighted by atomic mass is 9.96. The van der Waals surface area contributed by atoms with E-state index < -0.39 is 11.9 Å². The fraction of sp³-hybridized carbons (Fsp3) is 0.421. The third kappa shape index (κ3) is 4.96. The van der Waals surface area contributed by atoms with Crippen molar-refractivity contribution in [3.05, 3.63) is 53.6 Å². The van der Waals surface area contributed by atoms with Crippen LogP contribution in [-0.4, -0.2) is 35.5 Å². The first kappa shape index (κ1) is 20.0. The number of aromatic nitrogens is 2. The van der Waals surface area contributed by atoms with Gasteiger partial charge < -0.3 is 10.2 Å². The molecule has 28 heavy (non-hydrogen) atoms. The number of benzene rings is 1. The number of piperidine rings is 1. The summed E-state index contributed by atoms with van der Waals surface area (Å²) in [7, 11) is 0. The summed E-state index contributed by atoms with van der Waals surface area (Å²) in [6, 6.07) is 7.24. The van der Waals surface area contributed by atoms with Crippen LogP contribution >= 0.6 is 0 Å². The highest BCUT2D eigenvalue weighted by Gasteiger charge is 2.34. The number of rotatable bonds is 5. The van der Waals surface area contributed by atoms with Gasteiger partial charge in [0.15, 0.2) is 0 Å². The highest BCUT2D eigenvalue weighted by Crippen LogP contribution is 2.29. The molecule has 0 unspecified atom stereocenters. The molecular formula is C19H20F4N4O. The Morgan fingerprint density at radius 3 is 2.57 bits per heavy atom. The number of carbonyl (C=O) groups excluding carboxylic acids is 1. The van der Waals surface area contributed by atoms with E-state index >= 15 is 0 Å². The van der Waals surface area contributed by atoms with Crippen LogP contribution in [0.2, 0.25) is 0 Å². The summed E-state index contributed by atoms with van der Waals surface area (Å²) < 4.78 is 51.9. The van der Waals surface area contributed by atoms with Gasteiger partial charge in [0.25, 0.3) is 0 Å². The summed E-state index contributed by atoms with van der Waals surface area (Å²) in [5, 5.41) is 2.81. The summed E-state index contributed by atoms with van der Waals surface area (Å²) >= 11 is 0. The summed E-state index contributed by atoms with van der Waals surface area (Å²) in [4.78, 5) is 21.4. The molecule has 1 saturated heterocycles. The molecule has 1 amide bonds. The van der Waals surface area contributed by atoms with E-state index in [2.05, 4.69) is 15.3 Å². The zero-order valence-corrected chi connectivity index (χ0v) is 15.0. The lowest BCUT2D eigenvalue weighted by Crippen LogP contribution is -2.41. The monoisotopic (exact) mass is 396 g/mol. The van der Waals surface area contributed by atoms with E-state index in [4.69, 9.17) is 0 Å². The van der Waals surface area contributed by atoms with Gasteiger partial charge in [-0.15, -0.1) is 0 Å². The number of nitrogens with zero attached hydrogens (tertiary/aromatic N) is 3. The van der Waals surface area contributed by atoms with Gasteiger partial charge in [0.05, 0.1) is 0 Å². The highest BCUT2D eigenvalue weighted by atomic mass is 19.4. The number of anilines is 1. The Kier molecular flexibility index (Phi) is 6.11. The number of amides is 1. The maximum atomic E-state index is 13.6. The van der Waals surface area contributed by atoms with E-state index in [-0.39, 0.29) is 23.6 Å². The number of nitrogens with one attached hydrogen (secondary N) is 1. The zero-order chi connectivity index (χ0) is 20.1. The van der Waals surface area contributed by atoms with Crippen molar-refractivity contribution in [1.82, 2.24) is 15.3 Å². The second-order valence-electron chi connectivity index (χ2n) is 6.63. The van der Waals surface area contributed by atoms with Crippen LogP contribution in [0, 0.1) is 11.7 Å². The van der Waals surface area contributed by atoms with Crippen molar-refractivity contribution in [1.29, 1.82) is 0 Å². The SMILES string of the molecule is O=C(NCCc1ccccc1F)C1CCN(c2nccc(C(F)(F)F)n2)CC1. The first-order chi connectivity index (χ1) is 13.3. The highest BCUT2D eigenvalue weighted by molar-refractivity contribution is 5.78. The Morgan fingerprint density at radius 2 is 1.89 bits per heavy atom. The Bertz CT molecular complexity index is 820. The van der Waals surface area contributed by atoms with Crippen LogP contribution in [0.3, 0.4) is 0 Å². The minimum absolute atomic E-state index is 0.0215. The van der Waals surface area contributed by atoms with Crippen LogP contribution in [0.4, 0.5) is 23.5 Å². The van der Waals surface area contributed by atoms with Crippen LogP contribution in [0.25, 0.3) is 0 Å². The average Bonchev–Trinajstić information content (AvgIpc) is 2.69. The molecule has 0 bridgehead atoms. The van der Waals surface area contributed by atoms with E-state index in [0.29, 0.717) is 44.5 Å². The largest absolute Gasteiger partial charge is 0.433 e. The van der Waals surface area contributed by atoms with Gasteiger partial charge in [0.2, 0.25) is 11.9 Å². The average molecular weight is 396 g/mol. The Labute approximate surface area is 159 Å². The van der Waals surface area contributed by atoms with E-state index in [1.165, 1.54) is 6.07 Å². The standard InChI is InChI=1S/C19H20F4N4O/c20-15-4-2-1-3-13(15)5-9-24-17(28)14-7-11-27(12-8-14)18-25-10-6-16(26-18)19(21,22)23/h1-4,6,10,14H,5,7-9,11-12H2,(H,24,28). The molecular weight excluding hydrogens is 376 g/mol. The molecule has 1 fully saturated rings. The second kappa shape index (κ2) is 8.53. The first-order valence-electron chi connectivity index (χ1n) is 9.01. The third-order valence-electron chi connectivity index (χ3n) is 4.73. The number of hydrogen-bond acceptors (Lipinski definition) is 4. The molecule has 0 saturated carbocycles. The van der Waals surface area contributed by atoms with Gasteiger partial charge in [-0.25, -0.2) is 14.4 Å². The maximum absolute atomic E-state index is 13.6. The van der Waals surface area contributed by atoms with Crippen molar-refractivity contribution in [2.24, 2.45) is 5.92 Å². The number of hydrogen-bond donors (Lipinski definition) is 1. The summed E-state index contributed by atoms with van der Waals surface area (Å²) in [5.41, 5.74) is -0.440. The third-order valence-corrected chi connectivity index (χ3v) is 4.73. The fourth-order valence-corrected chi connectivity index (χ4v) is 3.17. The molecule has 0 aliphatic carbocycles. The van der Waals surface area contributed by atoms with Crippen molar-refractivity contribution in [2.45, 2.75) is 25.4 Å². The van der Waals surface area contributed by atoms with Crippen molar-refractivity contribution in [3.63, 3.8) is 0 Å². The Balaban J connectivity index is 1.48. The van der Waals surface area contributed by atoms with Crippen LogP contribution in [0.5, 0.6) is 0 Å². The van der Waals surface area contributed by atoms with Gasteiger partial charge in [0, 0.05) is 31.7 Å². The molecule has 1 aliphatic heterocycles. The number of alkyl halides is 3. The molecule has 0 radical (unpaired) electrons. The van der Waals surface area contributed by atoms with Crippen LogP contribution in [-0.2, 0) is 17.4 Å². The lowest BCUT2D eigenvalue weighted by Gasteiger charge is -2.31. The zero-order valence-electron chi connectivity index (χ0n) is 15.0. The van der Waals surface area contributed by atoms with Gasteiger partial charge >= 0.3 is 6.18 Å². The maximum Gasteiger partial charge on any atom is 0.433 e. The second-order valence-corrected chi connectivity index (χ2v) is 6.63. The molecule has 150 valence electrons. The topological polar surface area (TPSA) is 58.1 Å². The Morgan fingerprint density at radius 1 is 1.18 bits per heavy atom. The predicted molar refractivity (Wildman–Crippen MR) is 95.1 cm³/mol. The van der Waals surface area contributed by atoms with Crippen molar-refractivity contribution in [3.8, 4) is 0 Å². The van der Waals surface area contributed by atoms with Crippen molar-refractivity contribution < 1.29 is 22.4 Å². The minimum Gasteiger partial charge on any atom is -0.356 e. The molecule has 0 atom stereocenters. The van der Waals surface area contributed by atoms with Gasteiger partial charge in [-0.05, 0) is 37.0 Å². The van der Waals surface area contributed by atoms with E-state index in [1.54, 1.807) is 23.1 Å². The number of carbonyl (C=O) groups is 1. The molecule has 9 heteroatoms. The van der Waals surface area contributed by atoms with Gasteiger partial charge in [0.1, 0.15) is 11.5 Å². The molecule has 2 heterocycles. The summed E-state index contributed by atoms with van der Waals surface area (Å²) in [6.45, 7) is 1.12. The lowest BCUT2D eigenvalue weighted by molar-refractivity contribution is -0.141. The molecule has 1 N–H and O–H groups in total. The quantitative estimate of drug-likeness (QED) is 0.789. The van der Waals surface area contributed by atoms with Crippen molar-refractivity contribution >= 4 is 11.9 Å². The van der Waals surface area contributed by atoms with Crippen molar-refractivity contribution in [2.75, 3.05) is 24.5 Å². The van der Waals surface area contributed by atoms with E-state index in [9.17, 15) is 22.4 Å². The fourth-order valence-electron chi connectivity index (χ4n) is 3.17. The molecule has 5 nitrogen and oxygen atoms in total. The summed E-state index contributed by atoms with van der Waals surface area (Å²) in [6.07, 6.45) is -2.05. The first-order valence-corrected chi connectivity index (χ1v) is 9.01. The molecule has 3 rings (SSSR count). The van der Waals surface area contributed by atoms with Crippen LogP contribution in [0.15, 0.2) is 36.5 Å². The Hall–Kier alpha value is -2.71. The predicted octanol–water partition coefficient (Wildman–Crippen LogP) is 3.21. The smallest absolute Gasteiger partial charge is 0.356 e. The van der Waals surface area contributed by atoms with Gasteiger partial charge in [-0.2, -0.15) is 13.2 Å². The number of halogens is 4. The molecule has 1 aromatic heterocycles.